The van der Waals surface area contributed by atoms with Crippen LogP contribution in [0.15, 0.2) is 30.3 Å². The van der Waals surface area contributed by atoms with E-state index in [1.165, 1.54) is 66.3 Å². The van der Waals surface area contributed by atoms with Crippen molar-refractivity contribution in [3.63, 3.8) is 0 Å². The third kappa shape index (κ3) is 4.78. The number of rotatable bonds is 8. The molecule has 0 unspecified atom stereocenters. The average molecular weight is 351 g/mol. The first kappa shape index (κ1) is 20.7. The monoisotopic (exact) mass is 350 g/mol. The third-order valence-corrected chi connectivity index (χ3v) is 6.54. The summed E-state index contributed by atoms with van der Waals surface area (Å²) in [4.78, 5) is 0. The first-order valence-electron chi connectivity index (χ1n) is 10.5. The molecule has 0 saturated carbocycles. The summed E-state index contributed by atoms with van der Waals surface area (Å²) in [6.07, 6.45) is 7.36. The van der Waals surface area contributed by atoms with Crippen molar-refractivity contribution >= 4 is 0 Å². The fourth-order valence-corrected chi connectivity index (χ4v) is 4.13. The van der Waals surface area contributed by atoms with Gasteiger partial charge in [0, 0.05) is 0 Å². The molecule has 0 fully saturated rings. The Balaban J connectivity index is 2.02. The molecular formula is C26H38. The van der Waals surface area contributed by atoms with Gasteiger partial charge in [0.15, 0.2) is 0 Å². The van der Waals surface area contributed by atoms with Crippen LogP contribution in [0.2, 0.25) is 0 Å². The van der Waals surface area contributed by atoms with Crippen LogP contribution in [-0.2, 0) is 18.3 Å². The molecule has 0 nitrogen and oxygen atoms in total. The van der Waals surface area contributed by atoms with E-state index in [-0.39, 0.29) is 0 Å². The Morgan fingerprint density at radius 1 is 0.692 bits per heavy atom. The molecule has 0 aliphatic carbocycles. The highest BCUT2D eigenvalue weighted by molar-refractivity contribution is 5.41. The zero-order valence-corrected chi connectivity index (χ0v) is 18.1. The van der Waals surface area contributed by atoms with Gasteiger partial charge >= 0.3 is 0 Å². The maximum absolute atomic E-state index is 2.47. The smallest absolute Gasteiger partial charge is 0.00778 e. The lowest BCUT2D eigenvalue weighted by molar-refractivity contribution is 0.436. The Labute approximate surface area is 162 Å². The lowest BCUT2D eigenvalue weighted by atomic mass is 9.75. The molecule has 0 aliphatic heterocycles. The maximum Gasteiger partial charge on any atom is -0.00778 e. The molecule has 0 bridgehead atoms. The zero-order chi connectivity index (χ0) is 19.3. The molecule has 0 aliphatic rings. The van der Waals surface area contributed by atoms with Gasteiger partial charge in [-0.3, -0.25) is 0 Å². The molecule has 142 valence electrons. The molecule has 0 saturated heterocycles. The highest BCUT2D eigenvalue weighted by atomic mass is 14.3. The Kier molecular flexibility index (Phi) is 7.09. The van der Waals surface area contributed by atoms with E-state index in [1.807, 2.05) is 0 Å². The van der Waals surface area contributed by atoms with Gasteiger partial charge in [-0.05, 0) is 105 Å². The van der Waals surface area contributed by atoms with Crippen LogP contribution in [0.4, 0.5) is 0 Å². The number of benzene rings is 2. The standard InChI is InChI=1S/C26H38/c1-8-26(7,9-2)25-18-21(5)24(17-22(25)6)13-11-10-12-23-16-19(3)14-15-20(23)4/h14-18H,8-13H2,1-7H3. The topological polar surface area (TPSA) is 0 Å². The van der Waals surface area contributed by atoms with Gasteiger partial charge in [-0.15, -0.1) is 0 Å². The molecule has 0 heterocycles. The number of hydrogen-bond donors (Lipinski definition) is 0. The van der Waals surface area contributed by atoms with Crippen LogP contribution in [-0.4, -0.2) is 0 Å². The van der Waals surface area contributed by atoms with Gasteiger partial charge in [0.25, 0.3) is 0 Å². The van der Waals surface area contributed by atoms with Crippen LogP contribution in [0.1, 0.15) is 85.4 Å². The first-order chi connectivity index (χ1) is 12.3. The van der Waals surface area contributed by atoms with Crippen molar-refractivity contribution in [1.82, 2.24) is 0 Å². The molecule has 0 spiro atoms. The molecule has 0 amide bonds. The minimum Gasteiger partial charge on any atom is -0.0645 e. The quantitative estimate of drug-likeness (QED) is 0.431. The summed E-state index contributed by atoms with van der Waals surface area (Å²) in [6.45, 7) is 16.1. The van der Waals surface area contributed by atoms with E-state index in [4.69, 9.17) is 0 Å². The van der Waals surface area contributed by atoms with Gasteiger partial charge in [0.2, 0.25) is 0 Å². The van der Waals surface area contributed by atoms with Gasteiger partial charge in [-0.25, -0.2) is 0 Å². The van der Waals surface area contributed by atoms with E-state index in [0.29, 0.717) is 5.41 Å². The highest BCUT2D eigenvalue weighted by Gasteiger charge is 2.24. The molecule has 0 heteroatoms. The van der Waals surface area contributed by atoms with Gasteiger partial charge in [-0.2, -0.15) is 0 Å². The summed E-state index contributed by atoms with van der Waals surface area (Å²) in [6, 6.07) is 11.8. The normalized spacial score (nSPS) is 11.8. The lowest BCUT2D eigenvalue weighted by Gasteiger charge is -2.30. The molecule has 0 radical (unpaired) electrons. The Bertz CT molecular complexity index is 732. The van der Waals surface area contributed by atoms with Crippen molar-refractivity contribution in [2.24, 2.45) is 0 Å². The van der Waals surface area contributed by atoms with Crippen molar-refractivity contribution in [3.05, 3.63) is 69.3 Å². The molecule has 26 heavy (non-hydrogen) atoms. The van der Waals surface area contributed by atoms with Gasteiger partial charge in [-0.1, -0.05) is 56.7 Å². The van der Waals surface area contributed by atoms with Gasteiger partial charge in [0.05, 0.1) is 0 Å². The largest absolute Gasteiger partial charge is 0.0645 e. The average Bonchev–Trinajstić information content (AvgIpc) is 2.63. The summed E-state index contributed by atoms with van der Waals surface area (Å²) < 4.78 is 0. The summed E-state index contributed by atoms with van der Waals surface area (Å²) in [5, 5.41) is 0. The first-order valence-corrected chi connectivity index (χ1v) is 10.5. The number of aryl methyl sites for hydroxylation is 6. The Morgan fingerprint density at radius 3 is 1.85 bits per heavy atom. The molecule has 0 aromatic heterocycles. The molecule has 0 atom stereocenters. The van der Waals surface area contributed by atoms with E-state index in [0.717, 1.165) is 0 Å². The van der Waals surface area contributed by atoms with Crippen molar-refractivity contribution < 1.29 is 0 Å². The second kappa shape index (κ2) is 8.89. The van der Waals surface area contributed by atoms with Crippen LogP contribution in [0.5, 0.6) is 0 Å². The van der Waals surface area contributed by atoms with E-state index in [2.05, 4.69) is 78.8 Å². The van der Waals surface area contributed by atoms with E-state index >= 15 is 0 Å². The molecule has 2 aromatic carbocycles. The van der Waals surface area contributed by atoms with Gasteiger partial charge < -0.3 is 0 Å². The second-order valence-corrected chi connectivity index (χ2v) is 8.50. The number of hydrogen-bond acceptors (Lipinski definition) is 0. The van der Waals surface area contributed by atoms with Gasteiger partial charge in [0.1, 0.15) is 0 Å². The van der Waals surface area contributed by atoms with Crippen molar-refractivity contribution in [2.75, 3.05) is 0 Å². The van der Waals surface area contributed by atoms with Crippen LogP contribution in [0.25, 0.3) is 0 Å². The van der Waals surface area contributed by atoms with Crippen molar-refractivity contribution in [1.29, 1.82) is 0 Å². The van der Waals surface area contributed by atoms with Crippen LogP contribution in [0, 0.1) is 27.7 Å². The van der Waals surface area contributed by atoms with Crippen LogP contribution >= 0.6 is 0 Å². The highest BCUT2D eigenvalue weighted by Crippen LogP contribution is 2.35. The van der Waals surface area contributed by atoms with Crippen molar-refractivity contribution in [3.8, 4) is 0 Å². The number of unbranched alkanes of at least 4 members (excludes halogenated alkanes) is 1. The van der Waals surface area contributed by atoms with Crippen LogP contribution in [0.3, 0.4) is 0 Å². The fraction of sp³-hybridized carbons (Fsp3) is 0.538. The lowest BCUT2D eigenvalue weighted by Crippen LogP contribution is -2.21. The van der Waals surface area contributed by atoms with E-state index in [9.17, 15) is 0 Å². The minimum absolute atomic E-state index is 0.316. The zero-order valence-electron chi connectivity index (χ0n) is 18.1. The summed E-state index contributed by atoms with van der Waals surface area (Å²) >= 11 is 0. The Hall–Kier alpha value is -1.56. The minimum atomic E-state index is 0.316. The molecule has 0 N–H and O–H groups in total. The predicted octanol–water partition coefficient (Wildman–Crippen LogP) is 7.56. The summed E-state index contributed by atoms with van der Waals surface area (Å²) in [7, 11) is 0. The van der Waals surface area contributed by atoms with E-state index < -0.39 is 0 Å². The van der Waals surface area contributed by atoms with E-state index in [1.54, 1.807) is 11.1 Å². The Morgan fingerprint density at radius 2 is 1.27 bits per heavy atom. The molecular weight excluding hydrogens is 312 g/mol. The second-order valence-electron chi connectivity index (χ2n) is 8.50. The summed E-state index contributed by atoms with van der Waals surface area (Å²) in [5.74, 6) is 0. The summed E-state index contributed by atoms with van der Waals surface area (Å²) in [5.41, 5.74) is 10.7. The fourth-order valence-electron chi connectivity index (χ4n) is 4.13. The van der Waals surface area contributed by atoms with Crippen molar-refractivity contribution in [2.45, 2.75) is 92.4 Å². The van der Waals surface area contributed by atoms with Crippen LogP contribution < -0.4 is 0 Å². The molecule has 2 rings (SSSR count). The molecule has 2 aromatic rings. The maximum atomic E-state index is 2.47. The SMILES string of the molecule is CCC(C)(CC)c1cc(C)c(CCCCc2cc(C)ccc2C)cc1C. The third-order valence-electron chi connectivity index (χ3n) is 6.54. The predicted molar refractivity (Wildman–Crippen MR) is 116 cm³/mol.